The Labute approximate surface area is 118 Å². The number of nitrogens with one attached hydrogen (secondary N) is 2. The highest BCUT2D eigenvalue weighted by atomic mass is 16.5. The van der Waals surface area contributed by atoms with Gasteiger partial charge in [-0.25, -0.2) is 0 Å². The standard InChI is InChI=1S/C15H21N3O2/c19-15(11-3-4-16-6-11)17-12-5-13-9-20-14(10-1-2-10)8-18(13)7-12/h3-4,6,10,12-14,16H,1-2,5,7-9H2,(H,17,19)/t12-,13-,14+/m0/s1. The predicted octanol–water partition coefficient (Wildman–Crippen LogP) is 0.996. The van der Waals surface area contributed by atoms with E-state index in [1.165, 1.54) is 12.8 Å². The highest BCUT2D eigenvalue weighted by Gasteiger charge is 2.42. The molecule has 3 heterocycles. The van der Waals surface area contributed by atoms with Crippen LogP contribution in [-0.4, -0.2) is 53.7 Å². The van der Waals surface area contributed by atoms with Crippen LogP contribution in [0.25, 0.3) is 0 Å². The number of rotatable bonds is 3. The van der Waals surface area contributed by atoms with Crippen LogP contribution in [0.1, 0.15) is 29.6 Å². The number of H-pyrrole nitrogens is 1. The first-order valence-electron chi connectivity index (χ1n) is 7.59. The molecule has 0 aromatic carbocycles. The lowest BCUT2D eigenvalue weighted by molar-refractivity contribution is -0.0581. The maximum atomic E-state index is 12.1. The van der Waals surface area contributed by atoms with Gasteiger partial charge < -0.3 is 15.0 Å². The number of aromatic nitrogens is 1. The van der Waals surface area contributed by atoms with Crippen molar-refractivity contribution in [1.29, 1.82) is 0 Å². The number of ether oxygens (including phenoxy) is 1. The van der Waals surface area contributed by atoms with Crippen LogP contribution in [0.4, 0.5) is 0 Å². The first kappa shape index (κ1) is 12.4. The number of aromatic amines is 1. The van der Waals surface area contributed by atoms with Crippen LogP contribution in [-0.2, 0) is 4.74 Å². The number of nitrogens with zero attached hydrogens (tertiary/aromatic N) is 1. The van der Waals surface area contributed by atoms with Gasteiger partial charge >= 0.3 is 0 Å². The summed E-state index contributed by atoms with van der Waals surface area (Å²) >= 11 is 0. The number of morpholine rings is 1. The van der Waals surface area contributed by atoms with Gasteiger partial charge in [-0.3, -0.25) is 9.69 Å². The van der Waals surface area contributed by atoms with Crippen LogP contribution < -0.4 is 5.32 Å². The Morgan fingerprint density at radius 2 is 2.30 bits per heavy atom. The average Bonchev–Trinajstić information content (AvgIpc) is 3.01. The van der Waals surface area contributed by atoms with Crippen molar-refractivity contribution in [2.45, 2.75) is 37.5 Å². The van der Waals surface area contributed by atoms with Crippen molar-refractivity contribution in [1.82, 2.24) is 15.2 Å². The fourth-order valence-electron chi connectivity index (χ4n) is 3.49. The molecule has 1 saturated carbocycles. The molecule has 3 atom stereocenters. The Morgan fingerprint density at radius 3 is 3.05 bits per heavy atom. The predicted molar refractivity (Wildman–Crippen MR) is 74.5 cm³/mol. The molecule has 2 aliphatic heterocycles. The van der Waals surface area contributed by atoms with Crippen LogP contribution in [0.2, 0.25) is 0 Å². The molecule has 1 amide bonds. The molecule has 0 bridgehead atoms. The Balaban J connectivity index is 1.34. The zero-order chi connectivity index (χ0) is 13.5. The summed E-state index contributed by atoms with van der Waals surface area (Å²) in [6.45, 7) is 2.84. The zero-order valence-electron chi connectivity index (χ0n) is 11.5. The molecule has 5 heteroatoms. The quantitative estimate of drug-likeness (QED) is 0.865. The minimum absolute atomic E-state index is 0.0239. The molecule has 3 aliphatic rings. The first-order chi connectivity index (χ1) is 9.79. The lowest BCUT2D eigenvalue weighted by Crippen LogP contribution is -2.47. The van der Waals surface area contributed by atoms with E-state index < -0.39 is 0 Å². The van der Waals surface area contributed by atoms with E-state index >= 15 is 0 Å². The number of carbonyl (C=O) groups excluding carboxylic acids is 1. The third kappa shape index (κ3) is 2.36. The van der Waals surface area contributed by atoms with Gasteiger partial charge in [0.2, 0.25) is 0 Å². The van der Waals surface area contributed by atoms with Crippen molar-refractivity contribution in [3.05, 3.63) is 24.0 Å². The second-order valence-corrected chi connectivity index (χ2v) is 6.32. The van der Waals surface area contributed by atoms with Gasteiger partial charge in [0.25, 0.3) is 5.91 Å². The lowest BCUT2D eigenvalue weighted by atomic mass is 10.1. The molecule has 2 saturated heterocycles. The summed E-state index contributed by atoms with van der Waals surface area (Å²) in [5, 5.41) is 3.14. The van der Waals surface area contributed by atoms with Gasteiger partial charge in [-0.05, 0) is 31.2 Å². The minimum atomic E-state index is 0.0239. The summed E-state index contributed by atoms with van der Waals surface area (Å²) < 4.78 is 5.98. The fraction of sp³-hybridized carbons (Fsp3) is 0.667. The smallest absolute Gasteiger partial charge is 0.253 e. The van der Waals surface area contributed by atoms with Gasteiger partial charge in [0.05, 0.1) is 18.3 Å². The SMILES string of the molecule is O=C(N[C@H]1C[C@H]2CO[C@@H](C3CC3)CN2C1)c1cc[nH]c1. The first-order valence-corrected chi connectivity index (χ1v) is 7.59. The monoisotopic (exact) mass is 275 g/mol. The third-order valence-corrected chi connectivity index (χ3v) is 4.79. The highest BCUT2D eigenvalue weighted by Crippen LogP contribution is 2.37. The summed E-state index contributed by atoms with van der Waals surface area (Å²) in [5.41, 5.74) is 0.710. The Hall–Kier alpha value is -1.33. The molecule has 108 valence electrons. The normalized spacial score (nSPS) is 33.9. The van der Waals surface area contributed by atoms with E-state index in [2.05, 4.69) is 15.2 Å². The second kappa shape index (κ2) is 4.90. The van der Waals surface area contributed by atoms with Crippen LogP contribution >= 0.6 is 0 Å². The van der Waals surface area contributed by atoms with E-state index in [1.54, 1.807) is 12.4 Å². The number of fused-ring (bicyclic) bond motifs is 1. The second-order valence-electron chi connectivity index (χ2n) is 6.32. The number of hydrogen-bond acceptors (Lipinski definition) is 3. The molecule has 1 aromatic rings. The Kier molecular flexibility index (Phi) is 3.04. The molecular formula is C15H21N3O2. The molecule has 2 N–H and O–H groups in total. The van der Waals surface area contributed by atoms with Crippen molar-refractivity contribution in [3.8, 4) is 0 Å². The van der Waals surface area contributed by atoms with E-state index in [9.17, 15) is 4.79 Å². The van der Waals surface area contributed by atoms with E-state index in [-0.39, 0.29) is 11.9 Å². The highest BCUT2D eigenvalue weighted by molar-refractivity contribution is 5.94. The topological polar surface area (TPSA) is 57.4 Å². The van der Waals surface area contributed by atoms with Gasteiger partial charge in [-0.1, -0.05) is 0 Å². The van der Waals surface area contributed by atoms with Gasteiger partial charge in [0.15, 0.2) is 0 Å². The molecule has 5 nitrogen and oxygen atoms in total. The van der Waals surface area contributed by atoms with E-state index in [0.717, 1.165) is 32.0 Å². The van der Waals surface area contributed by atoms with E-state index in [0.29, 0.717) is 17.7 Å². The number of amides is 1. The third-order valence-electron chi connectivity index (χ3n) is 4.79. The summed E-state index contributed by atoms with van der Waals surface area (Å²) in [6.07, 6.45) is 7.62. The van der Waals surface area contributed by atoms with Crippen molar-refractivity contribution in [2.75, 3.05) is 19.7 Å². The van der Waals surface area contributed by atoms with Gasteiger partial charge in [-0.15, -0.1) is 0 Å². The van der Waals surface area contributed by atoms with Crippen molar-refractivity contribution in [3.63, 3.8) is 0 Å². The summed E-state index contributed by atoms with van der Waals surface area (Å²) in [5.74, 6) is 0.820. The van der Waals surface area contributed by atoms with Crippen LogP contribution in [0.5, 0.6) is 0 Å². The Bertz CT molecular complexity index is 483. The van der Waals surface area contributed by atoms with Gasteiger partial charge in [-0.2, -0.15) is 0 Å². The van der Waals surface area contributed by atoms with Crippen LogP contribution in [0.15, 0.2) is 18.5 Å². The summed E-state index contributed by atoms with van der Waals surface area (Å²) in [6, 6.07) is 2.55. The minimum Gasteiger partial charge on any atom is -0.375 e. The molecule has 0 radical (unpaired) electrons. The van der Waals surface area contributed by atoms with E-state index in [4.69, 9.17) is 4.74 Å². The maximum Gasteiger partial charge on any atom is 0.253 e. The average molecular weight is 275 g/mol. The molecule has 0 unspecified atom stereocenters. The Morgan fingerprint density at radius 1 is 1.40 bits per heavy atom. The van der Waals surface area contributed by atoms with Crippen molar-refractivity contribution in [2.24, 2.45) is 5.92 Å². The van der Waals surface area contributed by atoms with Crippen molar-refractivity contribution < 1.29 is 9.53 Å². The maximum absolute atomic E-state index is 12.1. The van der Waals surface area contributed by atoms with Gasteiger partial charge in [0.1, 0.15) is 0 Å². The molecule has 0 spiro atoms. The molecule has 1 aliphatic carbocycles. The number of carbonyl (C=O) groups is 1. The molecule has 3 fully saturated rings. The van der Waals surface area contributed by atoms with E-state index in [1.807, 2.05) is 6.07 Å². The number of hydrogen-bond donors (Lipinski definition) is 2. The fourth-order valence-corrected chi connectivity index (χ4v) is 3.49. The summed E-state index contributed by atoms with van der Waals surface area (Å²) in [7, 11) is 0. The molecule has 4 rings (SSSR count). The molecule has 20 heavy (non-hydrogen) atoms. The van der Waals surface area contributed by atoms with Gasteiger partial charge in [0, 0.05) is 37.6 Å². The summed E-state index contributed by atoms with van der Waals surface area (Å²) in [4.78, 5) is 17.5. The van der Waals surface area contributed by atoms with Crippen molar-refractivity contribution >= 4 is 5.91 Å². The largest absolute Gasteiger partial charge is 0.375 e. The molecule has 1 aromatic heterocycles. The van der Waals surface area contributed by atoms with Crippen LogP contribution in [0.3, 0.4) is 0 Å². The van der Waals surface area contributed by atoms with Crippen LogP contribution in [0, 0.1) is 5.92 Å². The lowest BCUT2D eigenvalue weighted by Gasteiger charge is -2.35. The molecular weight excluding hydrogens is 254 g/mol. The zero-order valence-corrected chi connectivity index (χ0v) is 11.5.